The molecule has 1 unspecified atom stereocenters. The number of aliphatic hydroxyl groups is 1. The number of hydrogen-bond acceptors (Lipinski definition) is 6. The third-order valence-electron chi connectivity index (χ3n) is 13.7. The Morgan fingerprint density at radius 3 is 2.32 bits per heavy atom. The molecule has 6 rings (SSSR count). The number of halogens is 2. The number of aliphatic carboxylic acids is 1. The highest BCUT2D eigenvalue weighted by Crippen LogP contribution is 2.72. The first-order valence-corrected chi connectivity index (χ1v) is 15.0. The van der Waals surface area contributed by atoms with Gasteiger partial charge < -0.3 is 19.7 Å². The Balaban J connectivity index is 1.35. The number of carboxylic acid groups (broad SMARTS) is 1. The van der Waals surface area contributed by atoms with E-state index < -0.39 is 76.1 Å². The zero-order chi connectivity index (χ0) is 30.1. The Hall–Kier alpha value is -2.29. The van der Waals surface area contributed by atoms with Gasteiger partial charge in [-0.15, -0.1) is 0 Å². The summed E-state index contributed by atoms with van der Waals surface area (Å²) in [6.45, 7) is 11.2. The van der Waals surface area contributed by atoms with Crippen molar-refractivity contribution in [2.24, 2.45) is 45.3 Å². The maximum absolute atomic E-state index is 17.5. The number of aliphatic hydroxyl groups excluding tert-OH is 1. The van der Waals surface area contributed by atoms with Gasteiger partial charge in [0.15, 0.2) is 11.5 Å². The van der Waals surface area contributed by atoms with E-state index in [0.29, 0.717) is 12.3 Å². The first kappa shape index (κ1) is 28.8. The number of ether oxygens (including phenoxy) is 2. The number of carbonyl (C=O) groups excluding carboxylic acids is 2. The van der Waals surface area contributed by atoms with Crippen LogP contribution in [0, 0.1) is 45.3 Å². The molecule has 226 valence electrons. The van der Waals surface area contributed by atoms with Gasteiger partial charge in [0.1, 0.15) is 12.3 Å². The summed E-state index contributed by atoms with van der Waals surface area (Å²) in [5.41, 5.74) is -7.73. The van der Waals surface area contributed by atoms with Gasteiger partial charge in [-0.05, 0) is 80.4 Å². The van der Waals surface area contributed by atoms with Crippen molar-refractivity contribution in [3.05, 3.63) is 23.8 Å². The molecule has 0 spiro atoms. The molecule has 12 atom stereocenters. The molecule has 9 heteroatoms. The maximum atomic E-state index is 17.5. The number of fused-ring (bicyclic) bond motifs is 7. The Labute approximate surface area is 239 Å². The molecule has 0 radical (unpaired) electrons. The number of allylic oxidation sites excluding steroid dienone is 4. The van der Waals surface area contributed by atoms with Gasteiger partial charge in [0.05, 0.1) is 6.10 Å². The van der Waals surface area contributed by atoms with Gasteiger partial charge in [0, 0.05) is 28.1 Å². The van der Waals surface area contributed by atoms with Crippen molar-refractivity contribution in [3.8, 4) is 0 Å². The molecule has 0 heterocycles. The van der Waals surface area contributed by atoms with E-state index in [-0.39, 0.29) is 35.7 Å². The van der Waals surface area contributed by atoms with Crippen LogP contribution < -0.4 is 0 Å². The average molecular weight is 577 g/mol. The quantitative estimate of drug-likeness (QED) is 0.412. The predicted molar refractivity (Wildman–Crippen MR) is 144 cm³/mol. The minimum absolute atomic E-state index is 0.00375. The van der Waals surface area contributed by atoms with Crippen molar-refractivity contribution in [1.82, 2.24) is 0 Å². The topological polar surface area (TPSA) is 110 Å². The number of ketones is 1. The Morgan fingerprint density at radius 1 is 1.05 bits per heavy atom. The van der Waals surface area contributed by atoms with Crippen LogP contribution in [0.3, 0.4) is 0 Å². The molecule has 7 nitrogen and oxygen atoms in total. The van der Waals surface area contributed by atoms with E-state index in [4.69, 9.17) is 9.47 Å². The van der Waals surface area contributed by atoms with Crippen molar-refractivity contribution in [2.75, 3.05) is 0 Å². The van der Waals surface area contributed by atoms with Gasteiger partial charge in [-0.2, -0.15) is 0 Å². The average Bonchev–Trinajstić information content (AvgIpc) is 3.32. The van der Waals surface area contributed by atoms with Gasteiger partial charge in [0.25, 0.3) is 0 Å². The van der Waals surface area contributed by atoms with E-state index in [2.05, 4.69) is 20.8 Å². The SMILES string of the molecule is C[C@@H]1C[C@H]2[C@@H]3C[C@H](F)C4=CC(=O)C=C[C@]4(C)C3(F)[C@@H](O)C[C@]2(C)[C@]1(OC(=O)O[C@@H]1C[C@@H]2CC[C@@]1(C)C2(C)C)C(=O)O. The van der Waals surface area contributed by atoms with Crippen LogP contribution in [0.1, 0.15) is 80.1 Å². The highest BCUT2D eigenvalue weighted by molar-refractivity contribution is 6.01. The molecule has 2 N–H and O–H groups in total. The summed E-state index contributed by atoms with van der Waals surface area (Å²) < 4.78 is 45.0. The monoisotopic (exact) mass is 576 g/mol. The van der Waals surface area contributed by atoms with Crippen LogP contribution in [0.2, 0.25) is 0 Å². The lowest BCUT2D eigenvalue weighted by molar-refractivity contribution is -0.232. The van der Waals surface area contributed by atoms with Crippen molar-refractivity contribution in [3.63, 3.8) is 0 Å². The molecule has 0 aromatic carbocycles. The Bertz CT molecular complexity index is 1280. The van der Waals surface area contributed by atoms with Crippen LogP contribution in [-0.4, -0.2) is 57.8 Å². The largest absolute Gasteiger partial charge is 0.509 e. The third kappa shape index (κ3) is 3.19. The van der Waals surface area contributed by atoms with Gasteiger partial charge in [-0.3, -0.25) is 4.79 Å². The summed E-state index contributed by atoms with van der Waals surface area (Å²) in [4.78, 5) is 38.7. The van der Waals surface area contributed by atoms with Crippen molar-refractivity contribution in [2.45, 2.75) is 110 Å². The van der Waals surface area contributed by atoms with E-state index in [1.807, 2.05) is 0 Å². The Kier molecular flexibility index (Phi) is 5.91. The van der Waals surface area contributed by atoms with Crippen LogP contribution >= 0.6 is 0 Å². The van der Waals surface area contributed by atoms with Crippen LogP contribution in [-0.2, 0) is 19.1 Å². The number of alkyl halides is 2. The van der Waals surface area contributed by atoms with Gasteiger partial charge >= 0.3 is 12.1 Å². The normalized spacial score (nSPS) is 52.8. The highest BCUT2D eigenvalue weighted by Gasteiger charge is 2.79. The summed E-state index contributed by atoms with van der Waals surface area (Å²) in [6, 6.07) is 0. The van der Waals surface area contributed by atoms with Crippen molar-refractivity contribution in [1.29, 1.82) is 0 Å². The molecule has 6 aliphatic rings. The first-order chi connectivity index (χ1) is 18.9. The Morgan fingerprint density at radius 2 is 1.73 bits per heavy atom. The van der Waals surface area contributed by atoms with Crippen LogP contribution in [0.4, 0.5) is 13.6 Å². The van der Waals surface area contributed by atoms with E-state index in [9.17, 15) is 24.6 Å². The number of carbonyl (C=O) groups is 3. The van der Waals surface area contributed by atoms with E-state index in [1.165, 1.54) is 19.1 Å². The molecule has 41 heavy (non-hydrogen) atoms. The predicted octanol–water partition coefficient (Wildman–Crippen LogP) is 5.74. The number of hydrogen-bond donors (Lipinski definition) is 2. The molecule has 5 fully saturated rings. The fourth-order valence-electron chi connectivity index (χ4n) is 10.8. The summed E-state index contributed by atoms with van der Waals surface area (Å²) in [5, 5.41) is 22.3. The van der Waals surface area contributed by atoms with Crippen molar-refractivity contribution >= 4 is 17.9 Å². The van der Waals surface area contributed by atoms with Gasteiger partial charge in [-0.25, -0.2) is 18.4 Å². The number of carboxylic acids is 1. The molecule has 0 aromatic rings. The molecule has 0 aromatic heterocycles. The fourth-order valence-corrected chi connectivity index (χ4v) is 10.8. The zero-order valence-electron chi connectivity index (χ0n) is 24.7. The molecule has 6 aliphatic carbocycles. The second-order valence-corrected chi connectivity index (χ2v) is 15.1. The molecule has 0 amide bonds. The van der Waals surface area contributed by atoms with E-state index in [0.717, 1.165) is 18.9 Å². The lowest BCUT2D eigenvalue weighted by Gasteiger charge is -2.62. The molecular formula is C32H42F2O7. The van der Waals surface area contributed by atoms with Gasteiger partial charge in [-0.1, -0.05) is 40.7 Å². The standard InChI is InChI=1S/C32H42F2O7/c1-16-11-19-20-14-22(33)21-13-18(35)8-10-28(21,4)31(20,34)23(36)15-30(19,6)32(16,25(37)38)41-26(39)40-24-12-17-7-9-29(24,5)27(17,2)3/h8,10,13,16-17,19-20,22-24,36H,7,9,11-12,14-15H2,1-6H3,(H,37,38)/t16-,17+,19+,20+,22+,23+,24-,28+,29-,30+,31?,32-/m1/s1. The van der Waals surface area contributed by atoms with Crippen LogP contribution in [0.25, 0.3) is 0 Å². The summed E-state index contributed by atoms with van der Waals surface area (Å²) >= 11 is 0. The van der Waals surface area contributed by atoms with Crippen LogP contribution in [0.5, 0.6) is 0 Å². The molecule has 2 bridgehead atoms. The smallest absolute Gasteiger partial charge is 0.478 e. The zero-order valence-corrected chi connectivity index (χ0v) is 24.7. The maximum Gasteiger partial charge on any atom is 0.509 e. The molecular weight excluding hydrogens is 534 g/mol. The van der Waals surface area contributed by atoms with E-state index in [1.54, 1.807) is 13.8 Å². The van der Waals surface area contributed by atoms with Gasteiger partial charge in [0.2, 0.25) is 5.60 Å². The second kappa shape index (κ2) is 8.42. The summed E-state index contributed by atoms with van der Waals surface area (Å²) in [5.74, 6) is -3.96. The van der Waals surface area contributed by atoms with Crippen molar-refractivity contribution < 1.29 is 42.9 Å². The lowest BCUT2D eigenvalue weighted by atomic mass is 9.44. The van der Waals surface area contributed by atoms with E-state index >= 15 is 8.78 Å². The summed E-state index contributed by atoms with van der Waals surface area (Å²) in [7, 11) is 0. The molecule has 0 saturated heterocycles. The minimum Gasteiger partial charge on any atom is -0.478 e. The lowest BCUT2D eigenvalue weighted by Crippen LogP contribution is -2.71. The van der Waals surface area contributed by atoms with Crippen LogP contribution in [0.15, 0.2) is 23.8 Å². The summed E-state index contributed by atoms with van der Waals surface area (Å²) in [6.07, 6.45) is 1.04. The molecule has 5 saturated carbocycles. The highest BCUT2D eigenvalue weighted by atomic mass is 19.1. The fraction of sp³-hybridized carbons (Fsp3) is 0.781. The second-order valence-electron chi connectivity index (χ2n) is 15.1. The number of rotatable bonds is 3. The minimum atomic E-state index is -2.35. The first-order valence-electron chi connectivity index (χ1n) is 15.0. The molecule has 0 aliphatic heterocycles. The third-order valence-corrected chi connectivity index (χ3v) is 13.7.